The first-order valence-electron chi connectivity index (χ1n) is 10.9. The number of carbonyl (C=O) groups is 1. The van der Waals surface area contributed by atoms with E-state index >= 15 is 0 Å². The number of amides is 2. The van der Waals surface area contributed by atoms with Crippen LogP contribution >= 0.6 is 0 Å². The summed E-state index contributed by atoms with van der Waals surface area (Å²) < 4.78 is 70.6. The van der Waals surface area contributed by atoms with Gasteiger partial charge in [-0.25, -0.2) is 23.5 Å². The van der Waals surface area contributed by atoms with Crippen molar-refractivity contribution in [2.45, 2.75) is 50.5 Å². The summed E-state index contributed by atoms with van der Waals surface area (Å²) >= 11 is 0. The van der Waals surface area contributed by atoms with Gasteiger partial charge in [0.15, 0.2) is 11.6 Å². The Kier molecular flexibility index (Phi) is 5.44. The number of fused-ring (bicyclic) bond motifs is 2. The number of halogens is 5. The van der Waals surface area contributed by atoms with Crippen LogP contribution in [0.1, 0.15) is 31.7 Å². The normalized spacial score (nSPS) is 23.7. The van der Waals surface area contributed by atoms with Crippen molar-refractivity contribution in [2.24, 2.45) is 5.92 Å². The molecule has 4 heterocycles. The minimum absolute atomic E-state index is 0.0763. The van der Waals surface area contributed by atoms with Gasteiger partial charge in [-0.1, -0.05) is 6.92 Å². The molecule has 2 aliphatic heterocycles. The quantitative estimate of drug-likeness (QED) is 0.541. The lowest BCUT2D eigenvalue weighted by atomic mass is 9.64. The van der Waals surface area contributed by atoms with E-state index in [1.54, 1.807) is 22.1 Å². The van der Waals surface area contributed by atoms with Crippen molar-refractivity contribution in [1.82, 2.24) is 29.6 Å². The Morgan fingerprint density at radius 2 is 1.83 bits per heavy atom. The Labute approximate surface area is 196 Å². The number of alkyl halides is 3. The SMILES string of the molecule is C[C@@H]1C[C@H]2C[C@@](Cn3cnnc3)(C1)N2C(=O)Nc1cc(-c2ncc(F)cn2)c(C(F)(F)F)cc1F. The summed E-state index contributed by atoms with van der Waals surface area (Å²) in [5, 5.41) is 10.0. The zero-order chi connectivity index (χ0) is 25.0. The smallest absolute Gasteiger partial charge is 0.318 e. The second-order valence-corrected chi connectivity index (χ2v) is 9.16. The topological polar surface area (TPSA) is 88.8 Å². The van der Waals surface area contributed by atoms with E-state index in [2.05, 4.69) is 32.4 Å². The molecule has 35 heavy (non-hydrogen) atoms. The van der Waals surface area contributed by atoms with Crippen LogP contribution in [0.5, 0.6) is 0 Å². The van der Waals surface area contributed by atoms with Crippen LogP contribution in [0, 0.1) is 17.6 Å². The van der Waals surface area contributed by atoms with Gasteiger partial charge in [0.05, 0.1) is 29.2 Å². The van der Waals surface area contributed by atoms with Crippen molar-refractivity contribution in [1.29, 1.82) is 0 Å². The number of carbonyl (C=O) groups excluding carboxylic acids is 1. The third kappa shape index (κ3) is 4.19. The molecule has 1 aromatic carbocycles. The van der Waals surface area contributed by atoms with Gasteiger partial charge in [0.1, 0.15) is 18.5 Å². The fourth-order valence-electron chi connectivity index (χ4n) is 5.42. The number of hydrogen-bond donors (Lipinski definition) is 1. The lowest BCUT2D eigenvalue weighted by Gasteiger charge is -2.63. The first kappa shape index (κ1) is 23.1. The molecule has 3 atom stereocenters. The molecule has 2 aromatic heterocycles. The average Bonchev–Trinajstić information content (AvgIpc) is 3.27. The Hall–Kier alpha value is -3.64. The van der Waals surface area contributed by atoms with E-state index in [-0.39, 0.29) is 12.1 Å². The molecule has 2 saturated heterocycles. The summed E-state index contributed by atoms with van der Waals surface area (Å²) in [5.74, 6) is -2.19. The second kappa shape index (κ2) is 8.24. The van der Waals surface area contributed by atoms with E-state index in [9.17, 15) is 26.7 Å². The van der Waals surface area contributed by atoms with Crippen molar-refractivity contribution in [3.05, 3.63) is 54.4 Å². The molecule has 1 N–H and O–H groups in total. The molecule has 3 aliphatic rings. The van der Waals surface area contributed by atoms with Gasteiger partial charge in [0.25, 0.3) is 0 Å². The van der Waals surface area contributed by atoms with E-state index in [0.717, 1.165) is 18.9 Å². The molecule has 1 saturated carbocycles. The molecule has 3 fully saturated rings. The van der Waals surface area contributed by atoms with E-state index in [0.29, 0.717) is 31.3 Å². The zero-order valence-electron chi connectivity index (χ0n) is 18.4. The molecule has 0 spiro atoms. The van der Waals surface area contributed by atoms with Gasteiger partial charge in [-0.15, -0.1) is 10.2 Å². The highest BCUT2D eigenvalue weighted by Crippen LogP contribution is 2.51. The number of rotatable bonds is 4. The number of urea groups is 1. The molecule has 0 radical (unpaired) electrons. The molecule has 8 nitrogen and oxygen atoms in total. The first-order chi connectivity index (χ1) is 16.6. The van der Waals surface area contributed by atoms with Crippen molar-refractivity contribution in [2.75, 3.05) is 5.32 Å². The summed E-state index contributed by atoms with van der Waals surface area (Å²) in [6, 6.07) is 0.413. The Morgan fingerprint density at radius 1 is 1.14 bits per heavy atom. The summed E-state index contributed by atoms with van der Waals surface area (Å²) in [6.45, 7) is 2.53. The van der Waals surface area contributed by atoms with Crippen LogP contribution in [0.15, 0.2) is 37.2 Å². The monoisotopic (exact) mass is 493 g/mol. The largest absolute Gasteiger partial charge is 0.417 e. The minimum atomic E-state index is -4.93. The molecule has 6 rings (SSSR count). The molecule has 2 amide bonds. The third-order valence-corrected chi connectivity index (χ3v) is 6.57. The maximum Gasteiger partial charge on any atom is 0.417 e. The van der Waals surface area contributed by atoms with Gasteiger partial charge < -0.3 is 14.8 Å². The number of piperidine rings is 1. The van der Waals surface area contributed by atoms with Crippen LogP contribution in [-0.4, -0.2) is 47.2 Å². The number of aromatic nitrogens is 5. The highest BCUT2D eigenvalue weighted by molar-refractivity contribution is 5.92. The molecule has 0 unspecified atom stereocenters. The van der Waals surface area contributed by atoms with Crippen molar-refractivity contribution in [3.63, 3.8) is 0 Å². The Morgan fingerprint density at radius 3 is 2.49 bits per heavy atom. The molecule has 2 bridgehead atoms. The van der Waals surface area contributed by atoms with Crippen LogP contribution in [-0.2, 0) is 12.7 Å². The van der Waals surface area contributed by atoms with E-state index in [1.807, 2.05) is 0 Å². The van der Waals surface area contributed by atoms with Gasteiger partial charge in [-0.05, 0) is 37.3 Å². The van der Waals surface area contributed by atoms with Crippen LogP contribution in [0.25, 0.3) is 11.4 Å². The highest BCUT2D eigenvalue weighted by atomic mass is 19.4. The molecule has 1 aliphatic carbocycles. The van der Waals surface area contributed by atoms with Crippen LogP contribution < -0.4 is 5.32 Å². The standard InChI is InChI=1S/C22H20F5N7O/c1-12-2-14-6-21(5-12,9-33-10-30-31-11-33)34(14)20(35)32-18-3-15(19-28-7-13(23)8-29-19)16(4-17(18)24)22(25,26)27/h3-4,7-8,10-12,14H,2,5-6,9H2,1H3,(H,32,35)/t12-,14+,21-/m1/s1. The number of benzene rings is 1. The lowest BCUT2D eigenvalue weighted by molar-refractivity contribution is -0.137. The van der Waals surface area contributed by atoms with E-state index in [1.165, 1.54) is 0 Å². The number of nitrogens with zero attached hydrogens (tertiary/aromatic N) is 6. The van der Waals surface area contributed by atoms with Crippen molar-refractivity contribution >= 4 is 11.7 Å². The zero-order valence-corrected chi connectivity index (χ0v) is 18.4. The summed E-state index contributed by atoms with van der Waals surface area (Å²) in [7, 11) is 0. The van der Waals surface area contributed by atoms with Gasteiger partial charge >= 0.3 is 12.2 Å². The maximum absolute atomic E-state index is 14.8. The predicted octanol–water partition coefficient (Wildman–Crippen LogP) is 4.51. The van der Waals surface area contributed by atoms with Crippen molar-refractivity contribution < 1.29 is 26.7 Å². The van der Waals surface area contributed by atoms with E-state index < -0.39 is 52.0 Å². The molecule has 13 heteroatoms. The van der Waals surface area contributed by atoms with Gasteiger partial charge in [0, 0.05) is 18.2 Å². The number of hydrogen-bond acceptors (Lipinski definition) is 5. The van der Waals surface area contributed by atoms with Gasteiger partial charge in [0.2, 0.25) is 0 Å². The van der Waals surface area contributed by atoms with Crippen LogP contribution in [0.3, 0.4) is 0 Å². The maximum atomic E-state index is 14.8. The minimum Gasteiger partial charge on any atom is -0.318 e. The molecule has 3 aromatic rings. The summed E-state index contributed by atoms with van der Waals surface area (Å²) in [5.41, 5.74) is -2.91. The Bertz CT molecular complexity index is 1250. The summed E-state index contributed by atoms with van der Waals surface area (Å²) in [4.78, 5) is 22.1. The first-order valence-corrected chi connectivity index (χ1v) is 10.9. The van der Waals surface area contributed by atoms with Crippen LogP contribution in [0.4, 0.5) is 32.4 Å². The number of anilines is 1. The Balaban J connectivity index is 1.47. The fraction of sp³-hybridized carbons (Fsp3) is 0.409. The average molecular weight is 493 g/mol. The van der Waals surface area contributed by atoms with E-state index in [4.69, 9.17) is 0 Å². The predicted molar refractivity (Wildman–Crippen MR) is 113 cm³/mol. The lowest BCUT2D eigenvalue weighted by Crippen LogP contribution is -2.73. The summed E-state index contributed by atoms with van der Waals surface area (Å²) in [6.07, 6.45) is 1.80. The third-order valence-electron chi connectivity index (χ3n) is 6.57. The van der Waals surface area contributed by atoms with Gasteiger partial charge in [-0.3, -0.25) is 0 Å². The highest BCUT2D eigenvalue weighted by Gasteiger charge is 2.58. The fourth-order valence-corrected chi connectivity index (χ4v) is 5.42. The van der Waals surface area contributed by atoms with Crippen LogP contribution in [0.2, 0.25) is 0 Å². The second-order valence-electron chi connectivity index (χ2n) is 9.16. The molecular formula is C22H20F5N7O. The molecular weight excluding hydrogens is 473 g/mol. The van der Waals surface area contributed by atoms with Gasteiger partial charge in [-0.2, -0.15) is 13.2 Å². The molecule has 184 valence electrons. The van der Waals surface area contributed by atoms with Crippen molar-refractivity contribution in [3.8, 4) is 11.4 Å². The number of nitrogens with one attached hydrogen (secondary N) is 1.